The van der Waals surface area contributed by atoms with E-state index in [1.165, 1.54) is 23.0 Å². The summed E-state index contributed by atoms with van der Waals surface area (Å²) in [5, 5.41) is 3.15. The molecule has 0 atom stereocenters. The molecule has 0 bridgehead atoms. The first-order valence-electron chi connectivity index (χ1n) is 10.7. The molecule has 3 aromatic rings. The van der Waals surface area contributed by atoms with Gasteiger partial charge in [0.05, 0.1) is 5.69 Å². The van der Waals surface area contributed by atoms with Crippen molar-refractivity contribution in [3.8, 4) is 11.3 Å². The molecule has 0 unspecified atom stereocenters. The third-order valence-electron chi connectivity index (χ3n) is 5.83. The van der Waals surface area contributed by atoms with Crippen LogP contribution in [0.3, 0.4) is 0 Å². The maximum atomic E-state index is 12.9. The minimum absolute atomic E-state index is 0.0567. The van der Waals surface area contributed by atoms with Crippen LogP contribution >= 0.6 is 11.3 Å². The number of aryl methyl sites for hydroxylation is 1. The monoisotopic (exact) mass is 449 g/mol. The SMILES string of the molecule is Cc1sc(NC(=O)c2cc3c([nH]c2=O)CC(C)(C)CC3=O)nc1-c1ccc(C(C)C)cc1. The zero-order chi connectivity index (χ0) is 23.2. The molecule has 6 nitrogen and oxygen atoms in total. The normalized spacial score (nSPS) is 15.0. The highest BCUT2D eigenvalue weighted by Crippen LogP contribution is 2.34. The van der Waals surface area contributed by atoms with Crippen molar-refractivity contribution in [1.29, 1.82) is 0 Å². The molecule has 0 spiro atoms. The first-order chi connectivity index (χ1) is 15.0. The number of fused-ring (bicyclic) bond motifs is 1. The molecule has 166 valence electrons. The Labute approximate surface area is 191 Å². The number of rotatable bonds is 4. The molecule has 1 amide bonds. The zero-order valence-corrected chi connectivity index (χ0v) is 19.8. The van der Waals surface area contributed by atoms with E-state index in [-0.39, 0.29) is 16.8 Å². The molecule has 1 aromatic carbocycles. The zero-order valence-electron chi connectivity index (χ0n) is 19.0. The topological polar surface area (TPSA) is 91.9 Å². The number of ketones is 1. The van der Waals surface area contributed by atoms with E-state index in [1.807, 2.05) is 32.9 Å². The fourth-order valence-electron chi connectivity index (χ4n) is 4.10. The Kier molecular flexibility index (Phi) is 5.63. The number of amides is 1. The predicted octanol–water partition coefficient (Wildman–Crippen LogP) is 5.34. The van der Waals surface area contributed by atoms with Gasteiger partial charge in [-0.3, -0.25) is 19.7 Å². The van der Waals surface area contributed by atoms with Gasteiger partial charge in [0.2, 0.25) is 0 Å². The van der Waals surface area contributed by atoms with Gasteiger partial charge in [0, 0.05) is 28.1 Å². The summed E-state index contributed by atoms with van der Waals surface area (Å²) in [5.74, 6) is -0.177. The molecule has 0 saturated carbocycles. The average Bonchev–Trinajstić information content (AvgIpc) is 3.06. The number of thiazole rings is 1. The molecule has 7 heteroatoms. The number of nitrogens with one attached hydrogen (secondary N) is 2. The highest BCUT2D eigenvalue weighted by atomic mass is 32.1. The molecule has 0 saturated heterocycles. The van der Waals surface area contributed by atoms with Crippen LogP contribution in [0.4, 0.5) is 5.13 Å². The van der Waals surface area contributed by atoms with Crippen molar-refractivity contribution in [3.63, 3.8) is 0 Å². The number of carbonyl (C=O) groups is 2. The number of carbonyl (C=O) groups excluding carboxylic acids is 2. The van der Waals surface area contributed by atoms with Gasteiger partial charge in [-0.1, -0.05) is 52.0 Å². The van der Waals surface area contributed by atoms with Crippen molar-refractivity contribution >= 4 is 28.2 Å². The number of anilines is 1. The Hall–Kier alpha value is -3.06. The number of aromatic amines is 1. The van der Waals surface area contributed by atoms with E-state index in [0.717, 1.165) is 16.1 Å². The van der Waals surface area contributed by atoms with Crippen LogP contribution in [-0.2, 0) is 6.42 Å². The fourth-order valence-corrected chi connectivity index (χ4v) is 4.94. The van der Waals surface area contributed by atoms with Gasteiger partial charge in [-0.2, -0.15) is 0 Å². The minimum Gasteiger partial charge on any atom is -0.325 e. The lowest BCUT2D eigenvalue weighted by Gasteiger charge is -2.29. The summed E-state index contributed by atoms with van der Waals surface area (Å²) in [6, 6.07) is 9.66. The van der Waals surface area contributed by atoms with Gasteiger partial charge in [-0.05, 0) is 36.3 Å². The van der Waals surface area contributed by atoms with Crippen LogP contribution in [0, 0.1) is 12.3 Å². The number of pyridine rings is 1. The summed E-state index contributed by atoms with van der Waals surface area (Å²) >= 11 is 1.36. The van der Waals surface area contributed by atoms with E-state index in [9.17, 15) is 14.4 Å². The molecule has 1 aliphatic carbocycles. The first-order valence-corrected chi connectivity index (χ1v) is 11.5. The van der Waals surface area contributed by atoms with Gasteiger partial charge in [0.25, 0.3) is 11.5 Å². The van der Waals surface area contributed by atoms with Crippen molar-refractivity contribution in [2.24, 2.45) is 5.41 Å². The summed E-state index contributed by atoms with van der Waals surface area (Å²) in [6.07, 6.45) is 0.980. The predicted molar refractivity (Wildman–Crippen MR) is 128 cm³/mol. The number of H-pyrrole nitrogens is 1. The summed E-state index contributed by atoms with van der Waals surface area (Å²) in [7, 11) is 0. The van der Waals surface area contributed by atoms with Crippen molar-refractivity contribution in [3.05, 3.63) is 67.9 Å². The molecule has 4 rings (SSSR count). The number of aromatic nitrogens is 2. The van der Waals surface area contributed by atoms with Crippen molar-refractivity contribution in [1.82, 2.24) is 9.97 Å². The highest BCUT2D eigenvalue weighted by Gasteiger charge is 2.32. The Morgan fingerprint density at radius 2 is 1.84 bits per heavy atom. The standard InChI is InChI=1S/C25H27N3O3S/c1-13(2)15-6-8-16(9-7-15)21-14(3)32-24(27-21)28-23(31)18-10-17-19(26-22(18)30)11-25(4,5)12-20(17)29/h6-10,13H,11-12H2,1-5H3,(H,26,30)(H,27,28,31). The Morgan fingerprint density at radius 1 is 1.16 bits per heavy atom. The van der Waals surface area contributed by atoms with Crippen LogP contribution in [-0.4, -0.2) is 21.7 Å². The molecular formula is C25H27N3O3S. The van der Waals surface area contributed by atoms with Crippen molar-refractivity contribution in [2.45, 2.75) is 53.4 Å². The minimum atomic E-state index is -0.567. The van der Waals surface area contributed by atoms with Crippen LogP contribution in [0.1, 0.15) is 76.9 Å². The van der Waals surface area contributed by atoms with E-state index in [0.29, 0.717) is 35.1 Å². The largest absolute Gasteiger partial charge is 0.325 e. The molecule has 2 heterocycles. The molecule has 0 fully saturated rings. The maximum Gasteiger partial charge on any atom is 0.263 e. The maximum absolute atomic E-state index is 12.9. The van der Waals surface area contributed by atoms with E-state index in [1.54, 1.807) is 0 Å². The van der Waals surface area contributed by atoms with Gasteiger partial charge in [0.15, 0.2) is 10.9 Å². The lowest BCUT2D eigenvalue weighted by Crippen LogP contribution is -2.32. The van der Waals surface area contributed by atoms with Crippen LogP contribution in [0.2, 0.25) is 0 Å². The van der Waals surface area contributed by atoms with Gasteiger partial charge >= 0.3 is 0 Å². The summed E-state index contributed by atoms with van der Waals surface area (Å²) in [4.78, 5) is 46.3. The summed E-state index contributed by atoms with van der Waals surface area (Å²) < 4.78 is 0. The highest BCUT2D eigenvalue weighted by molar-refractivity contribution is 7.16. The van der Waals surface area contributed by atoms with E-state index in [2.05, 4.69) is 41.3 Å². The number of Topliss-reactive ketones (excluding diaryl/α,β-unsaturated/α-hetero) is 1. The fraction of sp³-hybridized carbons (Fsp3) is 0.360. The molecule has 2 N–H and O–H groups in total. The van der Waals surface area contributed by atoms with Crippen LogP contribution in [0.5, 0.6) is 0 Å². The average molecular weight is 450 g/mol. The third kappa shape index (κ3) is 4.30. The Morgan fingerprint density at radius 3 is 2.50 bits per heavy atom. The van der Waals surface area contributed by atoms with Crippen molar-refractivity contribution < 1.29 is 9.59 Å². The van der Waals surface area contributed by atoms with Crippen molar-refractivity contribution in [2.75, 3.05) is 5.32 Å². The van der Waals surface area contributed by atoms with Gasteiger partial charge in [0.1, 0.15) is 5.56 Å². The Bertz CT molecular complexity index is 1270. The molecule has 2 aromatic heterocycles. The first kappa shape index (κ1) is 22.1. The molecule has 0 aliphatic heterocycles. The quantitative estimate of drug-likeness (QED) is 0.562. The lowest BCUT2D eigenvalue weighted by atomic mass is 9.75. The Balaban J connectivity index is 1.59. The molecule has 1 aliphatic rings. The number of hydrogen-bond acceptors (Lipinski definition) is 5. The second-order valence-corrected chi connectivity index (χ2v) is 10.7. The lowest BCUT2D eigenvalue weighted by molar-refractivity contribution is 0.0910. The second-order valence-electron chi connectivity index (χ2n) is 9.50. The van der Waals surface area contributed by atoms with Crippen LogP contribution < -0.4 is 10.9 Å². The third-order valence-corrected chi connectivity index (χ3v) is 6.72. The molecule has 32 heavy (non-hydrogen) atoms. The van der Waals surface area contributed by atoms with Gasteiger partial charge < -0.3 is 4.98 Å². The molecule has 0 radical (unpaired) electrons. The molecular weight excluding hydrogens is 422 g/mol. The summed E-state index contributed by atoms with van der Waals surface area (Å²) in [6.45, 7) is 10.2. The van der Waals surface area contributed by atoms with Gasteiger partial charge in [-0.25, -0.2) is 4.98 Å². The smallest absolute Gasteiger partial charge is 0.263 e. The number of nitrogens with zero attached hydrogens (tertiary/aromatic N) is 1. The van der Waals surface area contributed by atoms with E-state index >= 15 is 0 Å². The second kappa shape index (κ2) is 8.13. The van der Waals surface area contributed by atoms with Crippen LogP contribution in [0.25, 0.3) is 11.3 Å². The van der Waals surface area contributed by atoms with Crippen LogP contribution in [0.15, 0.2) is 35.1 Å². The van der Waals surface area contributed by atoms with E-state index < -0.39 is 11.5 Å². The number of benzene rings is 1. The summed E-state index contributed by atoms with van der Waals surface area (Å²) in [5.41, 5.74) is 3.27. The number of hydrogen-bond donors (Lipinski definition) is 2. The van der Waals surface area contributed by atoms with Gasteiger partial charge in [-0.15, -0.1) is 11.3 Å². The van der Waals surface area contributed by atoms with E-state index in [4.69, 9.17) is 0 Å².